The van der Waals surface area contributed by atoms with E-state index < -0.39 is 8.07 Å². The summed E-state index contributed by atoms with van der Waals surface area (Å²) in [5, 5.41) is 3.00. The summed E-state index contributed by atoms with van der Waals surface area (Å²) in [6.45, 7) is 6.81. The lowest BCUT2D eigenvalue weighted by Gasteiger charge is -2.10. The van der Waals surface area contributed by atoms with Gasteiger partial charge in [-0.25, -0.2) is 0 Å². The monoisotopic (exact) mass is 224 g/mol. The maximum Gasteiger partial charge on any atom is 0.133 e. The Labute approximate surface area is 89.7 Å². The Morgan fingerprint density at radius 2 is 1.86 bits per heavy atom. The summed E-state index contributed by atoms with van der Waals surface area (Å²) in [6.07, 6.45) is 0. The number of furan rings is 1. The van der Waals surface area contributed by atoms with E-state index in [1.54, 1.807) is 0 Å². The fraction of sp³-hybridized carbons (Fsp3) is 0.273. The van der Waals surface area contributed by atoms with Crippen LogP contribution in [0.25, 0.3) is 11.0 Å². The van der Waals surface area contributed by atoms with E-state index in [0.29, 0.717) is 0 Å². The second-order valence-corrected chi connectivity index (χ2v) is 9.97. The summed E-state index contributed by atoms with van der Waals surface area (Å²) >= 11 is 5.91. The average Bonchev–Trinajstić information content (AvgIpc) is 2.45. The topological polar surface area (TPSA) is 13.1 Å². The van der Waals surface area contributed by atoms with Crippen molar-refractivity contribution in [2.24, 2.45) is 0 Å². The van der Waals surface area contributed by atoms with Crippen molar-refractivity contribution in [3.8, 4) is 0 Å². The molecule has 0 spiro atoms. The van der Waals surface area contributed by atoms with Crippen LogP contribution in [0, 0.1) is 0 Å². The van der Waals surface area contributed by atoms with Crippen LogP contribution in [0.5, 0.6) is 0 Å². The molecule has 1 aromatic heterocycles. The van der Waals surface area contributed by atoms with Crippen molar-refractivity contribution in [1.29, 1.82) is 0 Å². The molecule has 0 radical (unpaired) electrons. The lowest BCUT2D eigenvalue weighted by Crippen LogP contribution is -2.36. The van der Waals surface area contributed by atoms with Gasteiger partial charge < -0.3 is 4.42 Å². The molecular formula is C11H13ClOSi. The van der Waals surface area contributed by atoms with Gasteiger partial charge in [0.2, 0.25) is 0 Å². The zero-order chi connectivity index (χ0) is 10.3. The third-order valence-corrected chi connectivity index (χ3v) is 4.18. The molecule has 0 N–H and O–H groups in total. The van der Waals surface area contributed by atoms with Crippen molar-refractivity contribution < 1.29 is 4.42 Å². The molecule has 14 heavy (non-hydrogen) atoms. The molecule has 0 unspecified atom stereocenters. The fourth-order valence-corrected chi connectivity index (χ4v) is 2.57. The first kappa shape index (κ1) is 9.81. The Balaban J connectivity index is 2.63. The Morgan fingerprint density at radius 3 is 2.50 bits per heavy atom. The standard InChI is InChI=1S/C11H13ClOSi/c1-14(2,3)11-7-8-6-9(12)4-5-10(8)13-11/h4-7H,1-3H3. The number of hydrogen-bond donors (Lipinski definition) is 0. The van der Waals surface area contributed by atoms with Crippen LogP contribution in [0.1, 0.15) is 0 Å². The molecule has 0 bridgehead atoms. The first-order valence-electron chi connectivity index (χ1n) is 4.66. The van der Waals surface area contributed by atoms with Crippen LogP contribution in [0.3, 0.4) is 0 Å². The van der Waals surface area contributed by atoms with Gasteiger partial charge in [-0.3, -0.25) is 0 Å². The van der Waals surface area contributed by atoms with Crippen molar-refractivity contribution in [3.63, 3.8) is 0 Å². The van der Waals surface area contributed by atoms with Crippen molar-refractivity contribution in [3.05, 3.63) is 29.3 Å². The van der Waals surface area contributed by atoms with Gasteiger partial charge >= 0.3 is 0 Å². The minimum absolute atomic E-state index is 0.764. The van der Waals surface area contributed by atoms with Crippen molar-refractivity contribution in [2.75, 3.05) is 0 Å². The Hall–Kier alpha value is -0.733. The van der Waals surface area contributed by atoms with E-state index in [1.165, 1.54) is 0 Å². The average molecular weight is 225 g/mol. The second kappa shape index (κ2) is 3.14. The summed E-state index contributed by atoms with van der Waals surface area (Å²) in [5.74, 6) is 0. The number of benzene rings is 1. The van der Waals surface area contributed by atoms with Crippen LogP contribution >= 0.6 is 11.6 Å². The largest absolute Gasteiger partial charge is 0.466 e. The van der Waals surface area contributed by atoms with E-state index >= 15 is 0 Å². The molecule has 1 aromatic carbocycles. The van der Waals surface area contributed by atoms with Gasteiger partial charge in [0.05, 0.1) is 5.38 Å². The van der Waals surface area contributed by atoms with Gasteiger partial charge in [0.25, 0.3) is 0 Å². The molecule has 1 nitrogen and oxygen atoms in total. The maximum absolute atomic E-state index is 5.91. The Bertz CT molecular complexity index is 468. The summed E-state index contributed by atoms with van der Waals surface area (Å²) in [4.78, 5) is 0. The minimum Gasteiger partial charge on any atom is -0.466 e. The highest BCUT2D eigenvalue weighted by Gasteiger charge is 2.21. The lowest BCUT2D eigenvalue weighted by molar-refractivity contribution is 0.648. The van der Waals surface area contributed by atoms with E-state index in [9.17, 15) is 0 Å². The van der Waals surface area contributed by atoms with Gasteiger partial charge in [-0.2, -0.15) is 0 Å². The van der Waals surface area contributed by atoms with Crippen LogP contribution in [-0.4, -0.2) is 8.07 Å². The highest BCUT2D eigenvalue weighted by molar-refractivity contribution is 6.87. The van der Waals surface area contributed by atoms with Crippen LogP contribution < -0.4 is 5.38 Å². The molecule has 0 saturated carbocycles. The zero-order valence-corrected chi connectivity index (χ0v) is 10.4. The van der Waals surface area contributed by atoms with Gasteiger partial charge in [-0.1, -0.05) is 31.2 Å². The molecule has 0 atom stereocenters. The molecule has 3 heteroatoms. The van der Waals surface area contributed by atoms with E-state index in [4.69, 9.17) is 16.0 Å². The van der Waals surface area contributed by atoms with Crippen molar-refractivity contribution in [2.45, 2.75) is 19.6 Å². The van der Waals surface area contributed by atoms with Crippen LogP contribution in [-0.2, 0) is 0 Å². The van der Waals surface area contributed by atoms with Gasteiger partial charge in [-0.15, -0.1) is 0 Å². The van der Waals surface area contributed by atoms with Gasteiger partial charge in [-0.05, 0) is 24.3 Å². The lowest BCUT2D eigenvalue weighted by atomic mass is 10.3. The molecular weight excluding hydrogens is 212 g/mol. The molecule has 2 rings (SSSR count). The maximum atomic E-state index is 5.91. The SMILES string of the molecule is C[Si](C)(C)c1cc2cc(Cl)ccc2o1. The molecule has 0 aliphatic rings. The van der Waals surface area contributed by atoms with Crippen LogP contribution in [0.4, 0.5) is 0 Å². The van der Waals surface area contributed by atoms with Gasteiger partial charge in [0.15, 0.2) is 0 Å². The summed E-state index contributed by atoms with van der Waals surface area (Å²) in [7, 11) is -1.34. The number of rotatable bonds is 1. The minimum atomic E-state index is -1.34. The van der Waals surface area contributed by atoms with Crippen LogP contribution in [0.15, 0.2) is 28.7 Å². The summed E-state index contributed by atoms with van der Waals surface area (Å²) in [5.41, 5.74) is 0.937. The molecule has 1 heterocycles. The fourth-order valence-electron chi connectivity index (χ4n) is 1.38. The normalized spacial score (nSPS) is 12.3. The first-order valence-corrected chi connectivity index (χ1v) is 8.54. The number of hydrogen-bond acceptors (Lipinski definition) is 1. The molecule has 0 saturated heterocycles. The first-order chi connectivity index (χ1) is 6.47. The number of fused-ring (bicyclic) bond motifs is 1. The number of halogens is 1. The molecule has 0 amide bonds. The van der Waals surface area contributed by atoms with Crippen molar-refractivity contribution >= 4 is 36.0 Å². The smallest absolute Gasteiger partial charge is 0.133 e. The summed E-state index contributed by atoms with van der Waals surface area (Å²) < 4.78 is 5.79. The van der Waals surface area contributed by atoms with E-state index in [2.05, 4.69) is 25.7 Å². The van der Waals surface area contributed by atoms with E-state index in [-0.39, 0.29) is 0 Å². The Kier molecular flexibility index (Phi) is 2.20. The van der Waals surface area contributed by atoms with Crippen LogP contribution in [0.2, 0.25) is 24.7 Å². The third kappa shape index (κ3) is 1.72. The van der Waals surface area contributed by atoms with E-state index in [0.717, 1.165) is 21.4 Å². The molecule has 0 fully saturated rings. The molecule has 0 aliphatic heterocycles. The summed E-state index contributed by atoms with van der Waals surface area (Å²) in [6, 6.07) is 7.86. The highest BCUT2D eigenvalue weighted by Crippen LogP contribution is 2.20. The molecule has 2 aromatic rings. The second-order valence-electron chi connectivity index (χ2n) is 4.54. The van der Waals surface area contributed by atoms with Gasteiger partial charge in [0.1, 0.15) is 13.7 Å². The third-order valence-electron chi connectivity index (χ3n) is 2.22. The highest BCUT2D eigenvalue weighted by atomic mass is 35.5. The Morgan fingerprint density at radius 1 is 1.14 bits per heavy atom. The zero-order valence-electron chi connectivity index (χ0n) is 8.60. The van der Waals surface area contributed by atoms with Crippen molar-refractivity contribution in [1.82, 2.24) is 0 Å². The molecule has 0 aliphatic carbocycles. The predicted octanol–water partition coefficient (Wildman–Crippen LogP) is 3.63. The van der Waals surface area contributed by atoms with Gasteiger partial charge in [0, 0.05) is 10.4 Å². The quantitative estimate of drug-likeness (QED) is 0.675. The predicted molar refractivity (Wildman–Crippen MR) is 64.2 cm³/mol. The molecule has 74 valence electrons. The van der Waals surface area contributed by atoms with E-state index in [1.807, 2.05) is 18.2 Å².